The highest BCUT2D eigenvalue weighted by Crippen LogP contribution is 2.20. The molecule has 0 amide bonds. The molecule has 2 N–H and O–H groups in total. The van der Waals surface area contributed by atoms with Gasteiger partial charge in [-0.25, -0.2) is 0 Å². The van der Waals surface area contributed by atoms with E-state index in [1.54, 1.807) is 0 Å². The van der Waals surface area contributed by atoms with Crippen LogP contribution in [0.5, 0.6) is 0 Å². The Morgan fingerprint density at radius 1 is 1.19 bits per heavy atom. The van der Waals surface area contributed by atoms with Crippen molar-refractivity contribution < 1.29 is 29.2 Å². The molecule has 1 heterocycles. The minimum Gasteiger partial charge on any atom is -0.457 e. The third-order valence-corrected chi connectivity index (χ3v) is 3.51. The van der Waals surface area contributed by atoms with Crippen molar-refractivity contribution in [2.24, 2.45) is 0 Å². The fourth-order valence-corrected chi connectivity index (χ4v) is 2.34. The average molecular weight is 304 g/mol. The van der Waals surface area contributed by atoms with E-state index in [9.17, 15) is 15.0 Å². The first-order valence-electron chi connectivity index (χ1n) is 7.82. The zero-order valence-electron chi connectivity index (χ0n) is 13.0. The van der Waals surface area contributed by atoms with Crippen LogP contribution in [0, 0.1) is 0 Å². The van der Waals surface area contributed by atoms with Crippen molar-refractivity contribution in [2.45, 2.75) is 77.0 Å². The molecule has 4 atom stereocenters. The molecule has 6 nitrogen and oxygen atoms in total. The van der Waals surface area contributed by atoms with Crippen LogP contribution in [0.2, 0.25) is 0 Å². The second-order valence-electron chi connectivity index (χ2n) is 5.47. The summed E-state index contributed by atoms with van der Waals surface area (Å²) in [5.41, 5.74) is 0. The quantitative estimate of drug-likeness (QED) is 0.494. The Morgan fingerprint density at radius 2 is 1.86 bits per heavy atom. The van der Waals surface area contributed by atoms with E-state index in [2.05, 4.69) is 6.92 Å². The number of carbonyl (C=O) groups excluding carboxylic acids is 1. The molecule has 0 radical (unpaired) electrons. The molecule has 6 heteroatoms. The fraction of sp³-hybridized carbons (Fsp3) is 0.933. The number of carbonyl (C=O) groups is 1. The fourth-order valence-electron chi connectivity index (χ4n) is 2.34. The molecular weight excluding hydrogens is 276 g/mol. The first-order chi connectivity index (χ1) is 10.1. The van der Waals surface area contributed by atoms with Gasteiger partial charge < -0.3 is 24.4 Å². The number of esters is 1. The summed E-state index contributed by atoms with van der Waals surface area (Å²) in [4.78, 5) is 11.0. The molecule has 0 unspecified atom stereocenters. The molecule has 0 saturated carbocycles. The first-order valence-corrected chi connectivity index (χ1v) is 7.82. The third-order valence-electron chi connectivity index (χ3n) is 3.51. The molecule has 1 fully saturated rings. The maximum absolute atomic E-state index is 11.0. The van der Waals surface area contributed by atoms with Gasteiger partial charge in [0.1, 0.15) is 12.2 Å². The van der Waals surface area contributed by atoms with Crippen molar-refractivity contribution >= 4 is 5.97 Å². The predicted octanol–water partition coefficient (Wildman–Crippen LogP) is 1.37. The van der Waals surface area contributed by atoms with Crippen LogP contribution in [0.25, 0.3) is 0 Å². The minimum atomic E-state index is -1.17. The van der Waals surface area contributed by atoms with Crippen molar-refractivity contribution in [1.29, 1.82) is 0 Å². The number of ether oxygens (including phenoxy) is 3. The van der Waals surface area contributed by atoms with Gasteiger partial charge in [-0.1, -0.05) is 39.0 Å². The van der Waals surface area contributed by atoms with Gasteiger partial charge >= 0.3 is 5.97 Å². The van der Waals surface area contributed by atoms with Gasteiger partial charge in [-0.15, -0.1) is 0 Å². The van der Waals surface area contributed by atoms with E-state index in [1.165, 1.54) is 32.6 Å². The number of rotatable bonds is 9. The van der Waals surface area contributed by atoms with Gasteiger partial charge in [-0.2, -0.15) is 0 Å². The smallest absolute Gasteiger partial charge is 0.303 e. The van der Waals surface area contributed by atoms with Crippen molar-refractivity contribution in [3.63, 3.8) is 0 Å². The summed E-state index contributed by atoms with van der Waals surface area (Å²) in [5, 5.41) is 19.7. The largest absolute Gasteiger partial charge is 0.457 e. The van der Waals surface area contributed by atoms with E-state index in [1.807, 2.05) is 0 Å². The molecule has 21 heavy (non-hydrogen) atoms. The highest BCUT2D eigenvalue weighted by Gasteiger charge is 2.41. The zero-order chi connectivity index (χ0) is 15.7. The Balaban J connectivity index is 2.23. The number of aliphatic hydroxyl groups excluding tert-OH is 2. The molecule has 0 spiro atoms. The van der Waals surface area contributed by atoms with Gasteiger partial charge in [0, 0.05) is 13.5 Å². The minimum absolute atomic E-state index is 0.0177. The van der Waals surface area contributed by atoms with Gasteiger partial charge in [0.25, 0.3) is 0 Å². The summed E-state index contributed by atoms with van der Waals surface area (Å²) in [6, 6.07) is 0. The van der Waals surface area contributed by atoms with Crippen LogP contribution in [0.1, 0.15) is 52.4 Å². The number of aliphatic hydroxyl groups is 2. The van der Waals surface area contributed by atoms with Gasteiger partial charge in [0.15, 0.2) is 12.4 Å². The van der Waals surface area contributed by atoms with Crippen LogP contribution < -0.4 is 0 Å². The number of hydrogen-bond acceptors (Lipinski definition) is 6. The van der Waals surface area contributed by atoms with Crippen LogP contribution in [0.15, 0.2) is 0 Å². The van der Waals surface area contributed by atoms with E-state index in [0.717, 1.165) is 12.8 Å². The maximum Gasteiger partial charge on any atom is 0.303 e. The summed E-state index contributed by atoms with van der Waals surface area (Å²) in [7, 11) is 0. The Kier molecular flexibility index (Phi) is 8.84. The van der Waals surface area contributed by atoms with Crippen molar-refractivity contribution in [3.8, 4) is 0 Å². The van der Waals surface area contributed by atoms with E-state index in [0.29, 0.717) is 6.61 Å². The number of unbranched alkanes of at least 4 members (excludes halogenated alkanes) is 5. The van der Waals surface area contributed by atoms with Gasteiger partial charge in [-0.3, -0.25) is 4.79 Å². The van der Waals surface area contributed by atoms with Crippen molar-refractivity contribution in [3.05, 3.63) is 0 Å². The van der Waals surface area contributed by atoms with E-state index < -0.39 is 30.6 Å². The van der Waals surface area contributed by atoms with Gasteiger partial charge in [-0.05, 0) is 6.42 Å². The lowest BCUT2D eigenvalue weighted by Crippen LogP contribution is -2.55. The lowest BCUT2D eigenvalue weighted by molar-refractivity contribution is -0.273. The second-order valence-corrected chi connectivity index (χ2v) is 5.47. The van der Waals surface area contributed by atoms with Crippen LogP contribution in [-0.2, 0) is 19.0 Å². The third kappa shape index (κ3) is 6.74. The molecule has 0 bridgehead atoms. The summed E-state index contributed by atoms with van der Waals surface area (Å²) in [6.45, 7) is 3.88. The van der Waals surface area contributed by atoms with Crippen LogP contribution in [0.4, 0.5) is 0 Å². The van der Waals surface area contributed by atoms with E-state index in [-0.39, 0.29) is 6.61 Å². The van der Waals surface area contributed by atoms with Crippen LogP contribution in [0.3, 0.4) is 0 Å². The topological polar surface area (TPSA) is 85.2 Å². The molecule has 0 aromatic rings. The average Bonchev–Trinajstić information content (AvgIpc) is 2.44. The maximum atomic E-state index is 11.0. The van der Waals surface area contributed by atoms with Gasteiger partial charge in [0.2, 0.25) is 0 Å². The van der Waals surface area contributed by atoms with Crippen LogP contribution in [-0.4, -0.2) is 54.0 Å². The van der Waals surface area contributed by atoms with Crippen molar-refractivity contribution in [1.82, 2.24) is 0 Å². The van der Waals surface area contributed by atoms with Crippen molar-refractivity contribution in [2.75, 3.05) is 13.2 Å². The lowest BCUT2D eigenvalue weighted by atomic mass is 10.1. The number of hydrogen-bond donors (Lipinski definition) is 2. The molecule has 0 aliphatic carbocycles. The summed E-state index contributed by atoms with van der Waals surface area (Å²) < 4.78 is 15.7. The van der Waals surface area contributed by atoms with Crippen LogP contribution >= 0.6 is 0 Å². The Morgan fingerprint density at radius 3 is 2.52 bits per heavy atom. The Bertz CT molecular complexity index is 296. The lowest BCUT2D eigenvalue weighted by Gasteiger charge is -2.36. The Labute approximate surface area is 126 Å². The zero-order valence-corrected chi connectivity index (χ0v) is 13.0. The summed E-state index contributed by atoms with van der Waals surface area (Å²) in [6.07, 6.45) is 2.83. The van der Waals surface area contributed by atoms with E-state index in [4.69, 9.17) is 14.2 Å². The monoisotopic (exact) mass is 304 g/mol. The molecule has 1 rings (SSSR count). The normalized spacial score (nSPS) is 29.3. The SMILES string of the molecule is CCCCCCCCO[C@@H]1OC[C@@H](O)[C@H](OC(C)=O)[C@H]1O. The predicted molar refractivity (Wildman–Crippen MR) is 76.6 cm³/mol. The second kappa shape index (κ2) is 10.1. The summed E-state index contributed by atoms with van der Waals surface area (Å²) >= 11 is 0. The molecule has 1 aliphatic rings. The van der Waals surface area contributed by atoms with Gasteiger partial charge in [0.05, 0.1) is 6.61 Å². The Hall–Kier alpha value is -0.690. The molecule has 0 aromatic heterocycles. The highest BCUT2D eigenvalue weighted by atomic mass is 16.7. The highest BCUT2D eigenvalue weighted by molar-refractivity contribution is 5.66. The first kappa shape index (κ1) is 18.4. The standard InChI is InChI=1S/C15H28O6/c1-3-4-5-6-7-8-9-19-15-13(18)14(21-11(2)16)12(17)10-20-15/h12-15,17-18H,3-10H2,1-2H3/t12-,13-,14+,15-/m1/s1. The van der Waals surface area contributed by atoms with E-state index >= 15 is 0 Å². The molecule has 1 aliphatic heterocycles. The molecule has 1 saturated heterocycles. The molecule has 0 aromatic carbocycles. The molecular formula is C15H28O6. The molecule has 124 valence electrons. The summed E-state index contributed by atoms with van der Waals surface area (Å²) in [5.74, 6) is -0.547.